The van der Waals surface area contributed by atoms with Gasteiger partial charge in [0.1, 0.15) is 0 Å². The molecule has 6 nitrogen and oxygen atoms in total. The van der Waals surface area contributed by atoms with E-state index in [1.165, 1.54) is 0 Å². The van der Waals surface area contributed by atoms with Crippen molar-refractivity contribution < 1.29 is 19.1 Å². The molecule has 0 aromatic heterocycles. The molecule has 1 saturated heterocycles. The number of nitrogens with zero attached hydrogens (tertiary/aromatic N) is 1. The summed E-state index contributed by atoms with van der Waals surface area (Å²) in [4.78, 5) is 38.4. The average molecular weight is 380 g/mol. The maximum Gasteiger partial charge on any atom is 0.311 e. The molecule has 146 valence electrons. The SMILES string of the molecule is Cc1cccc(NC(=O)COC(=O)[C@H]2CC(=O)N(c3cccc(C)c3C)C2)c1. The second-order valence-electron chi connectivity index (χ2n) is 7.15. The van der Waals surface area contributed by atoms with Crippen LogP contribution >= 0.6 is 0 Å². The Bertz CT molecular complexity index is 923. The standard InChI is InChI=1S/C22H24N2O4/c1-14-6-4-8-18(10-14)23-20(25)13-28-22(27)17-11-21(26)24(12-17)19-9-5-7-15(2)16(19)3/h4-10,17H,11-13H2,1-3H3,(H,23,25)/t17-/m0/s1. The van der Waals surface area contributed by atoms with Gasteiger partial charge in [-0.15, -0.1) is 0 Å². The second kappa shape index (κ2) is 8.25. The largest absolute Gasteiger partial charge is 0.455 e. The molecule has 0 aliphatic carbocycles. The maximum atomic E-state index is 12.4. The lowest BCUT2D eigenvalue weighted by Gasteiger charge is -2.20. The minimum atomic E-state index is -0.570. The van der Waals surface area contributed by atoms with Crippen LogP contribution in [0.2, 0.25) is 0 Å². The first-order valence-corrected chi connectivity index (χ1v) is 9.25. The van der Waals surface area contributed by atoms with Crippen molar-refractivity contribution >= 4 is 29.2 Å². The van der Waals surface area contributed by atoms with E-state index >= 15 is 0 Å². The lowest BCUT2D eigenvalue weighted by Crippen LogP contribution is -2.28. The Labute approximate surface area is 164 Å². The van der Waals surface area contributed by atoms with Crippen LogP contribution in [0.4, 0.5) is 11.4 Å². The predicted molar refractivity (Wildman–Crippen MR) is 107 cm³/mol. The van der Waals surface area contributed by atoms with Crippen molar-refractivity contribution in [3.05, 3.63) is 59.2 Å². The first-order valence-electron chi connectivity index (χ1n) is 9.25. The summed E-state index contributed by atoms with van der Waals surface area (Å²) in [5.74, 6) is -1.62. The summed E-state index contributed by atoms with van der Waals surface area (Å²) >= 11 is 0. The van der Waals surface area contributed by atoms with Crippen LogP contribution in [0.25, 0.3) is 0 Å². The van der Waals surface area contributed by atoms with Crippen LogP contribution in [-0.2, 0) is 19.1 Å². The molecule has 0 unspecified atom stereocenters. The number of esters is 1. The Kier molecular flexibility index (Phi) is 5.78. The molecule has 1 atom stereocenters. The average Bonchev–Trinajstić information content (AvgIpc) is 3.04. The summed E-state index contributed by atoms with van der Waals surface area (Å²) in [6.45, 7) is 5.76. The molecule has 28 heavy (non-hydrogen) atoms. The molecule has 2 aromatic rings. The van der Waals surface area contributed by atoms with Crippen molar-refractivity contribution in [2.45, 2.75) is 27.2 Å². The van der Waals surface area contributed by atoms with Crippen LogP contribution < -0.4 is 10.2 Å². The van der Waals surface area contributed by atoms with Gasteiger partial charge in [0.15, 0.2) is 6.61 Å². The van der Waals surface area contributed by atoms with Crippen molar-refractivity contribution in [1.82, 2.24) is 0 Å². The highest BCUT2D eigenvalue weighted by Gasteiger charge is 2.37. The zero-order valence-electron chi connectivity index (χ0n) is 16.3. The van der Waals surface area contributed by atoms with E-state index < -0.39 is 17.8 Å². The molecule has 1 N–H and O–H groups in total. The highest BCUT2D eigenvalue weighted by Crippen LogP contribution is 2.29. The lowest BCUT2D eigenvalue weighted by molar-refractivity contribution is -0.151. The molecule has 0 spiro atoms. The molecule has 6 heteroatoms. The lowest BCUT2D eigenvalue weighted by atomic mass is 10.1. The quantitative estimate of drug-likeness (QED) is 0.809. The summed E-state index contributed by atoms with van der Waals surface area (Å²) in [6.07, 6.45) is 0.0890. The van der Waals surface area contributed by atoms with E-state index in [0.717, 1.165) is 22.4 Å². The van der Waals surface area contributed by atoms with Crippen LogP contribution in [-0.4, -0.2) is 30.9 Å². The molecule has 0 radical (unpaired) electrons. The summed E-state index contributed by atoms with van der Waals surface area (Å²) < 4.78 is 5.15. The van der Waals surface area contributed by atoms with E-state index in [1.807, 2.05) is 57.2 Å². The fourth-order valence-corrected chi connectivity index (χ4v) is 3.30. The van der Waals surface area contributed by atoms with Crippen molar-refractivity contribution in [3.8, 4) is 0 Å². The highest BCUT2D eigenvalue weighted by atomic mass is 16.5. The van der Waals surface area contributed by atoms with Gasteiger partial charge in [-0.25, -0.2) is 0 Å². The van der Waals surface area contributed by atoms with Crippen LogP contribution in [0, 0.1) is 26.7 Å². The van der Waals surface area contributed by atoms with Crippen LogP contribution in [0.15, 0.2) is 42.5 Å². The van der Waals surface area contributed by atoms with Crippen molar-refractivity contribution in [1.29, 1.82) is 0 Å². The fraction of sp³-hybridized carbons (Fsp3) is 0.318. The van der Waals surface area contributed by atoms with Gasteiger partial charge in [0, 0.05) is 24.3 Å². The monoisotopic (exact) mass is 380 g/mol. The number of carbonyl (C=O) groups excluding carboxylic acids is 3. The number of hydrogen-bond donors (Lipinski definition) is 1. The van der Waals surface area contributed by atoms with E-state index in [4.69, 9.17) is 4.74 Å². The van der Waals surface area contributed by atoms with Crippen molar-refractivity contribution in [3.63, 3.8) is 0 Å². The topological polar surface area (TPSA) is 75.7 Å². The van der Waals surface area contributed by atoms with Gasteiger partial charge in [-0.3, -0.25) is 14.4 Å². The Balaban J connectivity index is 1.56. The molecule has 3 rings (SSSR count). The summed E-state index contributed by atoms with van der Waals surface area (Å²) in [6, 6.07) is 13.1. The fourth-order valence-electron chi connectivity index (χ4n) is 3.30. The van der Waals surface area contributed by atoms with E-state index in [2.05, 4.69) is 5.32 Å². The highest BCUT2D eigenvalue weighted by molar-refractivity contribution is 6.00. The minimum absolute atomic E-state index is 0.0890. The van der Waals surface area contributed by atoms with Crippen molar-refractivity contribution in [2.24, 2.45) is 5.92 Å². The van der Waals surface area contributed by atoms with Gasteiger partial charge >= 0.3 is 5.97 Å². The first-order chi connectivity index (χ1) is 13.3. The number of benzene rings is 2. The van der Waals surface area contributed by atoms with E-state index in [0.29, 0.717) is 5.69 Å². The Morgan fingerprint density at radius 1 is 1.14 bits per heavy atom. The zero-order valence-corrected chi connectivity index (χ0v) is 16.3. The van der Waals surface area contributed by atoms with Crippen LogP contribution in [0.3, 0.4) is 0 Å². The minimum Gasteiger partial charge on any atom is -0.455 e. The molecule has 0 saturated carbocycles. The van der Waals surface area contributed by atoms with Crippen LogP contribution in [0.1, 0.15) is 23.1 Å². The number of aryl methyl sites for hydroxylation is 2. The van der Waals surface area contributed by atoms with Crippen molar-refractivity contribution in [2.75, 3.05) is 23.4 Å². The summed E-state index contributed by atoms with van der Waals surface area (Å²) in [5.41, 5.74) is 4.59. The molecule has 2 amide bonds. The van der Waals surface area contributed by atoms with E-state index in [9.17, 15) is 14.4 Å². The molecular weight excluding hydrogens is 356 g/mol. The molecule has 1 fully saturated rings. The van der Waals surface area contributed by atoms with Crippen LogP contribution in [0.5, 0.6) is 0 Å². The van der Waals surface area contributed by atoms with Gasteiger partial charge < -0.3 is 15.0 Å². The molecule has 2 aromatic carbocycles. The summed E-state index contributed by atoms with van der Waals surface area (Å²) in [7, 11) is 0. The molecule has 0 bridgehead atoms. The number of rotatable bonds is 5. The van der Waals surface area contributed by atoms with E-state index in [1.54, 1.807) is 11.0 Å². The van der Waals surface area contributed by atoms with E-state index in [-0.39, 0.29) is 25.5 Å². The van der Waals surface area contributed by atoms with Gasteiger partial charge in [0.25, 0.3) is 5.91 Å². The number of nitrogens with one attached hydrogen (secondary N) is 1. The first kappa shape index (κ1) is 19.6. The van der Waals surface area contributed by atoms with Gasteiger partial charge in [-0.05, 0) is 55.7 Å². The number of ether oxygens (including phenoxy) is 1. The van der Waals surface area contributed by atoms with Gasteiger partial charge in [-0.1, -0.05) is 24.3 Å². The Morgan fingerprint density at radius 2 is 1.89 bits per heavy atom. The smallest absolute Gasteiger partial charge is 0.311 e. The third kappa shape index (κ3) is 4.39. The summed E-state index contributed by atoms with van der Waals surface area (Å²) in [5, 5.41) is 2.69. The van der Waals surface area contributed by atoms with Gasteiger partial charge in [-0.2, -0.15) is 0 Å². The third-order valence-corrected chi connectivity index (χ3v) is 4.97. The Morgan fingerprint density at radius 3 is 2.64 bits per heavy atom. The van der Waals surface area contributed by atoms with Gasteiger partial charge in [0.05, 0.1) is 5.92 Å². The maximum absolute atomic E-state index is 12.4. The second-order valence-corrected chi connectivity index (χ2v) is 7.15. The molecule has 1 heterocycles. The third-order valence-electron chi connectivity index (χ3n) is 4.97. The predicted octanol–water partition coefficient (Wildman–Crippen LogP) is 3.15. The number of amides is 2. The Hall–Kier alpha value is -3.15. The molecule has 1 aliphatic heterocycles. The van der Waals surface area contributed by atoms with Gasteiger partial charge in [0.2, 0.25) is 5.91 Å². The molecular formula is C22H24N2O4. The number of anilines is 2. The number of carbonyl (C=O) groups is 3. The zero-order chi connectivity index (χ0) is 20.3. The molecule has 1 aliphatic rings. The normalized spacial score (nSPS) is 16.2. The number of hydrogen-bond acceptors (Lipinski definition) is 4.